The molecule has 0 saturated heterocycles. The van der Waals surface area contributed by atoms with Crippen molar-refractivity contribution in [2.45, 2.75) is 160 Å². The number of carbonyl (C=O) groups excluding carboxylic acids is 3. The zero-order chi connectivity index (χ0) is 36.6. The minimum Gasteiger partial charge on any atom is -0.459 e. The Labute approximate surface area is 293 Å². The third kappa shape index (κ3) is 23.3. The Balaban J connectivity index is 2.80. The van der Waals surface area contributed by atoms with Gasteiger partial charge in [0.2, 0.25) is 0 Å². The maximum atomic E-state index is 12.6. The highest BCUT2D eigenvalue weighted by Gasteiger charge is 2.23. The zero-order valence-corrected chi connectivity index (χ0v) is 29.7. The standard InChI is InChI=1S/C39H62O10/c1-28(2)38-20-16-12-8-11-15-19-31(41)22-33(43)24-35(45)26-37(47)27-36(46)25-34(44)23-32(42)21-30(40)18-14-10-7-5-4-6-9-13-17-29(3)39(48)49-38/h4-7,9-10,13-14,17,28,30,32-36,38,40,42-46H,8,11-12,15-16,18-27H2,1-3H3/b6-4+,7-5+,13-9+,14-10+,29-17+. The van der Waals surface area contributed by atoms with E-state index in [1.165, 1.54) is 0 Å². The lowest BCUT2D eigenvalue weighted by Gasteiger charge is -2.21. The van der Waals surface area contributed by atoms with Crippen LogP contribution in [0.25, 0.3) is 0 Å². The molecule has 0 saturated carbocycles. The molecule has 0 aromatic heterocycles. The predicted octanol–water partition coefficient (Wildman–Crippen LogP) is 4.89. The van der Waals surface area contributed by atoms with Gasteiger partial charge in [-0.05, 0) is 57.8 Å². The number of hydrogen-bond acceptors (Lipinski definition) is 10. The van der Waals surface area contributed by atoms with Crippen molar-refractivity contribution in [3.8, 4) is 0 Å². The fourth-order valence-electron chi connectivity index (χ4n) is 5.63. The van der Waals surface area contributed by atoms with E-state index in [1.807, 2.05) is 32.1 Å². The Hall–Kier alpha value is -2.73. The van der Waals surface area contributed by atoms with Gasteiger partial charge < -0.3 is 35.4 Å². The molecule has 0 spiro atoms. The number of ether oxygens (including phenoxy) is 1. The Kier molecular flexibility index (Phi) is 23.6. The summed E-state index contributed by atoms with van der Waals surface area (Å²) in [5.41, 5.74) is 0.505. The van der Waals surface area contributed by atoms with E-state index in [-0.39, 0.29) is 68.7 Å². The number of hydrogen-bond donors (Lipinski definition) is 6. The number of ketones is 2. The van der Waals surface area contributed by atoms with E-state index in [9.17, 15) is 45.0 Å². The SMILES string of the molecule is C\C1=C/C=C/C=C/C=C/C=C/CC(O)CC(O)CC(O)CC(O)CC(=O)CC(O)CC(O)CC(=O)CCCCCCCC(C(C)C)OC1=O. The molecule has 7 unspecified atom stereocenters. The number of aliphatic hydroxyl groups excluding tert-OH is 6. The van der Waals surface area contributed by atoms with E-state index in [2.05, 4.69) is 0 Å². The third-order valence-electron chi connectivity index (χ3n) is 8.39. The fraction of sp³-hybridized carbons (Fsp3) is 0.667. The molecule has 1 rings (SSSR count). The Morgan fingerprint density at radius 2 is 1.06 bits per heavy atom. The zero-order valence-electron chi connectivity index (χ0n) is 29.7. The molecule has 0 radical (unpaired) electrons. The van der Waals surface area contributed by atoms with Crippen molar-refractivity contribution in [2.24, 2.45) is 5.92 Å². The van der Waals surface area contributed by atoms with Gasteiger partial charge in [0.25, 0.3) is 0 Å². The second kappa shape index (κ2) is 26.1. The number of esters is 1. The summed E-state index contributed by atoms with van der Waals surface area (Å²) >= 11 is 0. The molecular formula is C39H62O10. The van der Waals surface area contributed by atoms with Crippen LogP contribution in [0, 0.1) is 5.92 Å². The molecule has 10 heteroatoms. The van der Waals surface area contributed by atoms with Crippen molar-refractivity contribution in [3.05, 3.63) is 60.3 Å². The van der Waals surface area contributed by atoms with Gasteiger partial charge in [-0.15, -0.1) is 0 Å². The minimum atomic E-state index is -1.18. The molecule has 49 heavy (non-hydrogen) atoms. The van der Waals surface area contributed by atoms with Crippen LogP contribution < -0.4 is 0 Å². The molecule has 7 atom stereocenters. The van der Waals surface area contributed by atoms with Crippen LogP contribution in [0.15, 0.2) is 60.3 Å². The predicted molar refractivity (Wildman–Crippen MR) is 190 cm³/mol. The third-order valence-corrected chi connectivity index (χ3v) is 8.39. The maximum absolute atomic E-state index is 12.6. The molecule has 6 N–H and O–H groups in total. The normalized spacial score (nSPS) is 33.9. The quantitative estimate of drug-likeness (QED) is 0.207. The fourth-order valence-corrected chi connectivity index (χ4v) is 5.63. The smallest absolute Gasteiger partial charge is 0.333 e. The van der Waals surface area contributed by atoms with Crippen LogP contribution in [0.3, 0.4) is 0 Å². The molecule has 0 bridgehead atoms. The number of Topliss-reactive ketones (excluding diaryl/α,β-unsaturated/α-hetero) is 2. The second-order valence-corrected chi connectivity index (χ2v) is 13.7. The van der Waals surface area contributed by atoms with Crippen LogP contribution >= 0.6 is 0 Å². The van der Waals surface area contributed by atoms with Gasteiger partial charge in [-0.1, -0.05) is 87.8 Å². The van der Waals surface area contributed by atoms with Crippen LogP contribution in [0.2, 0.25) is 0 Å². The lowest BCUT2D eigenvalue weighted by Crippen LogP contribution is -2.28. The number of carbonyl (C=O) groups is 3. The van der Waals surface area contributed by atoms with Crippen molar-refractivity contribution < 1.29 is 49.8 Å². The number of aliphatic hydroxyl groups is 6. The van der Waals surface area contributed by atoms with E-state index in [4.69, 9.17) is 4.74 Å². The summed E-state index contributed by atoms with van der Waals surface area (Å²) in [7, 11) is 0. The largest absolute Gasteiger partial charge is 0.459 e. The Morgan fingerprint density at radius 1 is 0.592 bits per heavy atom. The average Bonchev–Trinajstić information content (AvgIpc) is 2.99. The van der Waals surface area contributed by atoms with Gasteiger partial charge >= 0.3 is 5.97 Å². The molecule has 1 heterocycles. The topological polar surface area (TPSA) is 182 Å². The summed E-state index contributed by atoms with van der Waals surface area (Å²) in [5, 5.41) is 61.5. The molecule has 0 amide bonds. The molecular weight excluding hydrogens is 628 g/mol. The summed E-state index contributed by atoms with van der Waals surface area (Å²) in [6.07, 6.45) is 14.2. The summed E-state index contributed by atoms with van der Waals surface area (Å²) in [6, 6.07) is 0. The highest BCUT2D eigenvalue weighted by molar-refractivity contribution is 5.88. The summed E-state index contributed by atoms with van der Waals surface area (Å²) in [6.45, 7) is 5.79. The first kappa shape index (κ1) is 44.3. The maximum Gasteiger partial charge on any atom is 0.333 e. The Morgan fingerprint density at radius 3 is 1.67 bits per heavy atom. The van der Waals surface area contributed by atoms with Crippen molar-refractivity contribution in [2.75, 3.05) is 0 Å². The van der Waals surface area contributed by atoms with Crippen molar-refractivity contribution in [1.82, 2.24) is 0 Å². The molecule has 0 aliphatic carbocycles. The van der Waals surface area contributed by atoms with E-state index in [1.54, 1.807) is 43.4 Å². The van der Waals surface area contributed by atoms with Crippen LogP contribution in [-0.4, -0.2) is 90.9 Å². The molecule has 0 fully saturated rings. The van der Waals surface area contributed by atoms with Crippen LogP contribution in [-0.2, 0) is 19.1 Å². The first-order chi connectivity index (χ1) is 23.3. The summed E-state index contributed by atoms with van der Waals surface area (Å²) < 4.78 is 5.78. The van der Waals surface area contributed by atoms with E-state index in [0.29, 0.717) is 24.8 Å². The highest BCUT2D eigenvalue weighted by Crippen LogP contribution is 2.19. The van der Waals surface area contributed by atoms with Crippen molar-refractivity contribution in [1.29, 1.82) is 0 Å². The van der Waals surface area contributed by atoms with Gasteiger partial charge in [-0.3, -0.25) is 9.59 Å². The van der Waals surface area contributed by atoms with Crippen molar-refractivity contribution >= 4 is 17.5 Å². The number of allylic oxidation sites excluding steroid dienone is 8. The second-order valence-electron chi connectivity index (χ2n) is 13.7. The lowest BCUT2D eigenvalue weighted by atomic mass is 9.96. The van der Waals surface area contributed by atoms with Gasteiger partial charge in [0, 0.05) is 37.7 Å². The van der Waals surface area contributed by atoms with Gasteiger partial charge in [-0.2, -0.15) is 0 Å². The molecule has 1 aliphatic heterocycles. The van der Waals surface area contributed by atoms with E-state index >= 15 is 0 Å². The number of cyclic esters (lactones) is 1. The monoisotopic (exact) mass is 690 g/mol. The molecule has 10 nitrogen and oxygen atoms in total. The Bertz CT molecular complexity index is 1110. The first-order valence-corrected chi connectivity index (χ1v) is 17.9. The van der Waals surface area contributed by atoms with Crippen molar-refractivity contribution in [3.63, 3.8) is 0 Å². The molecule has 0 aromatic carbocycles. The number of rotatable bonds is 1. The van der Waals surface area contributed by atoms with Crippen LogP contribution in [0.1, 0.15) is 117 Å². The minimum absolute atomic E-state index is 0.0282. The van der Waals surface area contributed by atoms with Gasteiger partial charge in [0.05, 0.1) is 36.6 Å². The first-order valence-electron chi connectivity index (χ1n) is 17.9. The lowest BCUT2D eigenvalue weighted by molar-refractivity contribution is -0.146. The molecule has 278 valence electrons. The molecule has 1 aliphatic rings. The average molecular weight is 691 g/mol. The highest BCUT2D eigenvalue weighted by atomic mass is 16.5. The molecule has 0 aromatic rings. The van der Waals surface area contributed by atoms with E-state index in [0.717, 1.165) is 32.1 Å². The summed E-state index contributed by atoms with van der Waals surface area (Å²) in [5.74, 6) is -0.714. The van der Waals surface area contributed by atoms with E-state index < -0.39 is 42.4 Å². The van der Waals surface area contributed by atoms with Gasteiger partial charge in [0.1, 0.15) is 17.7 Å². The van der Waals surface area contributed by atoms with Crippen LogP contribution in [0.5, 0.6) is 0 Å². The van der Waals surface area contributed by atoms with Gasteiger partial charge in [0.15, 0.2) is 0 Å². The van der Waals surface area contributed by atoms with Crippen LogP contribution in [0.4, 0.5) is 0 Å². The summed E-state index contributed by atoms with van der Waals surface area (Å²) in [4.78, 5) is 37.3. The van der Waals surface area contributed by atoms with Gasteiger partial charge in [-0.25, -0.2) is 4.79 Å².